The molecule has 0 spiro atoms. The third-order valence-electron chi connectivity index (χ3n) is 6.42. The zero-order valence-electron chi connectivity index (χ0n) is 22.0. The number of nitrogens with zero attached hydrogens (tertiary/aromatic N) is 4. The molecule has 40 heavy (non-hydrogen) atoms. The average molecular weight is 538 g/mol. The van der Waals surface area contributed by atoms with Gasteiger partial charge < -0.3 is 25.8 Å². The number of aromatic nitrogens is 1. The zero-order chi connectivity index (χ0) is 28.3. The maximum absolute atomic E-state index is 13.2. The molecular weight excluding hydrogens is 506 g/mol. The Kier molecular flexibility index (Phi) is 9.58. The molecule has 2 heterocycles. The quantitative estimate of drug-likeness (QED) is 0.269. The lowest BCUT2D eigenvalue weighted by Gasteiger charge is -2.41. The van der Waals surface area contributed by atoms with Gasteiger partial charge in [-0.05, 0) is 29.3 Å². The van der Waals surface area contributed by atoms with Crippen molar-refractivity contribution in [2.75, 3.05) is 26.2 Å². The number of carbonyl (C=O) groups is 3. The number of nitrogens with one attached hydrogen (secondary N) is 3. The first kappa shape index (κ1) is 28.0. The molecule has 0 bridgehead atoms. The van der Waals surface area contributed by atoms with Gasteiger partial charge in [-0.25, -0.2) is 4.79 Å². The molecule has 1 aliphatic heterocycles. The highest BCUT2D eigenvalue weighted by Gasteiger charge is 2.36. The predicted molar refractivity (Wildman–Crippen MR) is 150 cm³/mol. The van der Waals surface area contributed by atoms with E-state index in [1.54, 1.807) is 41.4 Å². The van der Waals surface area contributed by atoms with E-state index in [2.05, 4.69) is 33.6 Å². The molecule has 3 aromatic rings. The van der Waals surface area contributed by atoms with Gasteiger partial charge in [0.05, 0.1) is 30.4 Å². The fourth-order valence-corrected chi connectivity index (χ4v) is 4.43. The Bertz CT molecular complexity index is 1400. The summed E-state index contributed by atoms with van der Waals surface area (Å²) in [5.41, 5.74) is 3.65. The molecule has 1 aliphatic rings. The van der Waals surface area contributed by atoms with E-state index in [-0.39, 0.29) is 38.0 Å². The van der Waals surface area contributed by atoms with E-state index in [1.807, 2.05) is 42.5 Å². The molecule has 4 rings (SSSR count). The van der Waals surface area contributed by atoms with Crippen molar-refractivity contribution < 1.29 is 14.4 Å². The van der Waals surface area contributed by atoms with Gasteiger partial charge in [0.15, 0.2) is 0 Å². The normalized spacial score (nSPS) is 14.8. The van der Waals surface area contributed by atoms with E-state index < -0.39 is 12.2 Å². The first-order valence-corrected chi connectivity index (χ1v) is 12.9. The van der Waals surface area contributed by atoms with Crippen LogP contribution in [0.2, 0.25) is 0 Å². The van der Waals surface area contributed by atoms with E-state index in [0.717, 1.165) is 16.7 Å². The SMILES string of the molecule is C=CCNCC(=O)N1CC(=O)N(Cc2cccnc2-c2cccc(C#N)c2)C[C@@H]1NC(=O)NCc1ccccc1. The maximum Gasteiger partial charge on any atom is 0.316 e. The number of urea groups is 1. The van der Waals surface area contributed by atoms with Crippen LogP contribution in [-0.4, -0.2) is 65.0 Å². The first-order chi connectivity index (χ1) is 19.5. The van der Waals surface area contributed by atoms with Crippen LogP contribution in [-0.2, 0) is 22.7 Å². The molecule has 2 aromatic carbocycles. The van der Waals surface area contributed by atoms with Gasteiger partial charge in [-0.3, -0.25) is 14.6 Å². The van der Waals surface area contributed by atoms with Crippen molar-refractivity contribution in [1.29, 1.82) is 5.26 Å². The van der Waals surface area contributed by atoms with E-state index in [1.165, 1.54) is 4.90 Å². The summed E-state index contributed by atoms with van der Waals surface area (Å²) in [6.45, 7) is 4.53. The topological polar surface area (TPSA) is 130 Å². The van der Waals surface area contributed by atoms with Crippen LogP contribution in [0.5, 0.6) is 0 Å². The van der Waals surface area contributed by atoms with Crippen LogP contribution < -0.4 is 16.0 Å². The Balaban J connectivity index is 1.51. The van der Waals surface area contributed by atoms with Crippen molar-refractivity contribution >= 4 is 17.8 Å². The summed E-state index contributed by atoms with van der Waals surface area (Å²) in [7, 11) is 0. The Morgan fingerprint density at radius 1 is 1.12 bits per heavy atom. The van der Waals surface area contributed by atoms with Crippen molar-refractivity contribution in [3.8, 4) is 17.3 Å². The number of benzene rings is 2. The fraction of sp³-hybridized carbons (Fsp3) is 0.233. The van der Waals surface area contributed by atoms with Crippen LogP contribution in [0.4, 0.5) is 4.79 Å². The lowest BCUT2D eigenvalue weighted by molar-refractivity contribution is -0.149. The van der Waals surface area contributed by atoms with Crippen molar-refractivity contribution in [2.45, 2.75) is 19.3 Å². The molecule has 0 radical (unpaired) electrons. The van der Waals surface area contributed by atoms with Gasteiger partial charge in [-0.15, -0.1) is 6.58 Å². The van der Waals surface area contributed by atoms with Gasteiger partial charge >= 0.3 is 6.03 Å². The minimum absolute atomic E-state index is 0.00506. The van der Waals surface area contributed by atoms with Crippen LogP contribution >= 0.6 is 0 Å². The standard InChI is InChI=1S/C30H31N7O3/c1-2-13-32-18-27(38)37-21-28(39)36(20-26(37)35-30(40)34-17-22-8-4-3-5-9-22)19-25-12-7-14-33-29(25)24-11-6-10-23(15-24)16-31/h2-12,14-15,26,32H,1,13,17-21H2,(H2,34,35,40)/t26-/m1/s1. The van der Waals surface area contributed by atoms with E-state index in [4.69, 9.17) is 0 Å². The molecular formula is C30H31N7O3. The lowest BCUT2D eigenvalue weighted by atomic mass is 10.0. The average Bonchev–Trinajstić information content (AvgIpc) is 2.98. The Morgan fingerprint density at radius 3 is 2.73 bits per heavy atom. The Hall–Kier alpha value is -5.01. The van der Waals surface area contributed by atoms with Crippen LogP contribution in [0, 0.1) is 11.3 Å². The summed E-state index contributed by atoms with van der Waals surface area (Å²) < 4.78 is 0. The van der Waals surface area contributed by atoms with Crippen LogP contribution in [0.15, 0.2) is 85.6 Å². The largest absolute Gasteiger partial charge is 0.334 e. The van der Waals surface area contributed by atoms with Gasteiger partial charge in [0.25, 0.3) is 0 Å². The zero-order valence-corrected chi connectivity index (χ0v) is 22.0. The van der Waals surface area contributed by atoms with E-state index in [9.17, 15) is 19.6 Å². The molecule has 10 heteroatoms. The number of amides is 4. The smallest absolute Gasteiger partial charge is 0.316 e. The highest BCUT2D eigenvalue weighted by molar-refractivity contribution is 5.88. The fourth-order valence-electron chi connectivity index (χ4n) is 4.43. The van der Waals surface area contributed by atoms with E-state index >= 15 is 0 Å². The molecule has 1 fully saturated rings. The number of hydrogen-bond acceptors (Lipinski definition) is 6. The van der Waals surface area contributed by atoms with Gasteiger partial charge in [-0.1, -0.05) is 54.6 Å². The second kappa shape index (κ2) is 13.7. The molecule has 3 N–H and O–H groups in total. The number of hydrogen-bond donors (Lipinski definition) is 3. The third kappa shape index (κ3) is 7.30. The van der Waals surface area contributed by atoms with Crippen molar-refractivity contribution in [1.82, 2.24) is 30.7 Å². The predicted octanol–water partition coefficient (Wildman–Crippen LogP) is 2.39. The molecule has 10 nitrogen and oxygen atoms in total. The molecule has 1 saturated heterocycles. The van der Waals surface area contributed by atoms with Gasteiger partial charge in [-0.2, -0.15) is 5.26 Å². The monoisotopic (exact) mass is 537 g/mol. The Labute approximate surface area is 233 Å². The summed E-state index contributed by atoms with van der Waals surface area (Å²) >= 11 is 0. The molecule has 0 saturated carbocycles. The summed E-state index contributed by atoms with van der Waals surface area (Å²) in [5, 5.41) is 18.0. The second-order valence-electron chi connectivity index (χ2n) is 9.25. The molecule has 4 amide bonds. The summed E-state index contributed by atoms with van der Waals surface area (Å²) in [6, 6.07) is 22.0. The molecule has 204 valence electrons. The number of nitriles is 1. The molecule has 0 aliphatic carbocycles. The van der Waals surface area contributed by atoms with Gasteiger partial charge in [0.1, 0.15) is 12.7 Å². The van der Waals surface area contributed by atoms with Gasteiger partial charge in [0.2, 0.25) is 11.8 Å². The lowest BCUT2D eigenvalue weighted by Crippen LogP contribution is -2.65. The van der Waals surface area contributed by atoms with Crippen molar-refractivity contribution in [3.05, 3.63) is 102 Å². The minimum atomic E-state index is -0.742. The molecule has 1 aromatic heterocycles. The summed E-state index contributed by atoms with van der Waals surface area (Å²) in [6.07, 6.45) is 2.56. The molecule has 0 unspecified atom stereocenters. The Morgan fingerprint density at radius 2 is 1.95 bits per heavy atom. The number of carbonyl (C=O) groups excluding carboxylic acids is 3. The number of pyridine rings is 1. The van der Waals surface area contributed by atoms with Crippen LogP contribution in [0.25, 0.3) is 11.3 Å². The number of piperazine rings is 1. The first-order valence-electron chi connectivity index (χ1n) is 12.9. The van der Waals surface area contributed by atoms with Crippen molar-refractivity contribution in [2.24, 2.45) is 0 Å². The second-order valence-corrected chi connectivity index (χ2v) is 9.25. The highest BCUT2D eigenvalue weighted by atomic mass is 16.2. The van der Waals surface area contributed by atoms with Crippen LogP contribution in [0.1, 0.15) is 16.7 Å². The van der Waals surface area contributed by atoms with E-state index in [0.29, 0.717) is 24.3 Å². The summed E-state index contributed by atoms with van der Waals surface area (Å²) in [5.74, 6) is -0.556. The maximum atomic E-state index is 13.2. The van der Waals surface area contributed by atoms with Crippen molar-refractivity contribution in [3.63, 3.8) is 0 Å². The van der Waals surface area contributed by atoms with Gasteiger partial charge in [0, 0.05) is 31.4 Å². The third-order valence-corrected chi connectivity index (χ3v) is 6.42. The molecule has 1 atom stereocenters. The highest BCUT2D eigenvalue weighted by Crippen LogP contribution is 2.24. The minimum Gasteiger partial charge on any atom is -0.334 e. The summed E-state index contributed by atoms with van der Waals surface area (Å²) in [4.78, 5) is 46.6. The van der Waals surface area contributed by atoms with Crippen LogP contribution in [0.3, 0.4) is 0 Å². The number of rotatable bonds is 10.